The Bertz CT molecular complexity index is 1720. The number of halogens is 2. The van der Waals surface area contributed by atoms with Crippen LogP contribution in [-0.4, -0.2) is 41.3 Å². The normalized spacial score (nSPS) is 12.1. The fraction of sp³-hybridized carbons (Fsp3) is 0.138. The molecule has 0 saturated carbocycles. The lowest BCUT2D eigenvalue weighted by atomic mass is 10.1. The van der Waals surface area contributed by atoms with E-state index in [9.17, 15) is 8.78 Å². The second-order valence-electron chi connectivity index (χ2n) is 8.54. The van der Waals surface area contributed by atoms with E-state index in [2.05, 4.69) is 9.98 Å². The lowest BCUT2D eigenvalue weighted by Crippen LogP contribution is -2.14. The van der Waals surface area contributed by atoms with Crippen LogP contribution in [-0.2, 0) is 0 Å². The Morgan fingerprint density at radius 3 is 2.25 bits per heavy atom. The fourth-order valence-electron chi connectivity index (χ4n) is 4.07. The maximum atomic E-state index is 14.5. The van der Waals surface area contributed by atoms with Gasteiger partial charge >= 0.3 is 0 Å². The maximum Gasteiger partial charge on any atom is 0.211 e. The maximum absolute atomic E-state index is 14.5. The van der Waals surface area contributed by atoms with Gasteiger partial charge in [-0.2, -0.15) is 5.10 Å². The molecular weight excluding hydrogens is 536 g/mol. The summed E-state index contributed by atoms with van der Waals surface area (Å²) in [6.45, 7) is 1.87. The van der Waals surface area contributed by atoms with Crippen LogP contribution in [0.25, 0.3) is 16.9 Å². The minimum absolute atomic E-state index is 0.00835. The summed E-state index contributed by atoms with van der Waals surface area (Å²) in [5.74, 6) is -0.0693. The molecule has 0 amide bonds. The highest BCUT2D eigenvalue weighted by Gasteiger charge is 2.18. The highest BCUT2D eigenvalue weighted by Crippen LogP contribution is 2.41. The number of hydrogen-bond acceptors (Lipinski definition) is 7. The molecule has 0 aliphatic carbocycles. The van der Waals surface area contributed by atoms with Crippen LogP contribution in [0.15, 0.2) is 88.8 Å². The van der Waals surface area contributed by atoms with E-state index < -0.39 is 11.6 Å². The lowest BCUT2D eigenvalue weighted by molar-refractivity contribution is 0.324. The molecule has 2 aromatic heterocycles. The van der Waals surface area contributed by atoms with Crippen molar-refractivity contribution in [3.05, 3.63) is 101 Å². The van der Waals surface area contributed by atoms with Crippen molar-refractivity contribution in [1.82, 2.24) is 14.2 Å². The second kappa shape index (κ2) is 11.5. The van der Waals surface area contributed by atoms with Gasteiger partial charge in [0.25, 0.3) is 0 Å². The third-order valence-corrected chi connectivity index (χ3v) is 6.93. The lowest BCUT2D eigenvalue weighted by Gasteiger charge is -2.14. The molecule has 0 saturated heterocycles. The van der Waals surface area contributed by atoms with Gasteiger partial charge in [0.15, 0.2) is 17.3 Å². The minimum atomic E-state index is -0.773. The summed E-state index contributed by atoms with van der Waals surface area (Å²) in [5, 5.41) is 6.72. The molecule has 5 aromatic rings. The van der Waals surface area contributed by atoms with Crippen LogP contribution >= 0.6 is 11.3 Å². The molecule has 0 radical (unpaired) electrons. The van der Waals surface area contributed by atoms with E-state index in [1.165, 1.54) is 38.7 Å². The summed E-state index contributed by atoms with van der Waals surface area (Å²) >= 11 is 1.26. The van der Waals surface area contributed by atoms with Crippen molar-refractivity contribution in [1.29, 1.82) is 0 Å². The molecular formula is C29H25F2N5O3S. The monoisotopic (exact) mass is 561 g/mol. The molecule has 0 atom stereocenters. The third kappa shape index (κ3) is 5.36. The molecule has 204 valence electrons. The predicted octanol–water partition coefficient (Wildman–Crippen LogP) is 6.21. The highest BCUT2D eigenvalue weighted by molar-refractivity contribution is 7.07. The largest absolute Gasteiger partial charge is 0.493 e. The van der Waals surface area contributed by atoms with Crippen molar-refractivity contribution in [2.75, 3.05) is 21.3 Å². The molecule has 0 aliphatic rings. The van der Waals surface area contributed by atoms with Crippen LogP contribution in [0, 0.1) is 11.6 Å². The zero-order chi connectivity index (χ0) is 28.2. The van der Waals surface area contributed by atoms with E-state index in [0.717, 1.165) is 23.4 Å². The van der Waals surface area contributed by atoms with Gasteiger partial charge in [0.05, 0.1) is 39.1 Å². The average molecular weight is 562 g/mol. The second-order valence-corrected chi connectivity index (χ2v) is 9.38. The Kier molecular flexibility index (Phi) is 7.74. The van der Waals surface area contributed by atoms with Crippen molar-refractivity contribution >= 4 is 22.7 Å². The minimum Gasteiger partial charge on any atom is -0.493 e. The highest BCUT2D eigenvalue weighted by atomic mass is 32.1. The van der Waals surface area contributed by atoms with Gasteiger partial charge in [0.1, 0.15) is 11.5 Å². The van der Waals surface area contributed by atoms with E-state index in [4.69, 9.17) is 19.3 Å². The predicted molar refractivity (Wildman–Crippen MR) is 150 cm³/mol. The van der Waals surface area contributed by atoms with Crippen LogP contribution < -0.4 is 19.0 Å². The number of benzene rings is 3. The Hall–Kier alpha value is -4.77. The Morgan fingerprint density at radius 2 is 1.65 bits per heavy atom. The number of ether oxygens (including phenoxy) is 3. The Balaban J connectivity index is 1.67. The molecule has 0 bridgehead atoms. The quantitative estimate of drug-likeness (QED) is 0.211. The standard InChI is InChI=1S/C29H25F2N5O3S/c1-18(19-5-8-22(9-6-19)35-12-11-32-17-35)34-36-25(20-13-26(37-2)28(39-4)27(14-20)38-3)16-40-29(36)33-24-10-7-21(30)15-23(24)31/h5-17H,1-4H3. The van der Waals surface area contributed by atoms with Gasteiger partial charge in [-0.25, -0.2) is 23.4 Å². The van der Waals surface area contributed by atoms with Crippen molar-refractivity contribution in [2.45, 2.75) is 6.92 Å². The fourth-order valence-corrected chi connectivity index (χ4v) is 4.91. The van der Waals surface area contributed by atoms with Crippen molar-refractivity contribution in [3.8, 4) is 34.2 Å². The van der Waals surface area contributed by atoms with E-state index >= 15 is 0 Å². The van der Waals surface area contributed by atoms with Gasteiger partial charge in [0, 0.05) is 35.1 Å². The SMILES string of the molecule is COc1cc(-c2csc(=Nc3ccc(F)cc3F)n2N=C(C)c2ccc(-n3ccnc3)cc2)cc(OC)c1OC. The van der Waals surface area contributed by atoms with Crippen molar-refractivity contribution in [3.63, 3.8) is 0 Å². The number of thiazole rings is 1. The summed E-state index contributed by atoms with van der Waals surface area (Å²) in [6, 6.07) is 14.7. The summed E-state index contributed by atoms with van der Waals surface area (Å²) in [4.78, 5) is 8.94. The number of imidazole rings is 1. The first-order chi connectivity index (χ1) is 19.4. The number of hydrogen-bond donors (Lipinski definition) is 0. The van der Waals surface area contributed by atoms with Crippen molar-refractivity contribution < 1.29 is 23.0 Å². The first-order valence-corrected chi connectivity index (χ1v) is 12.9. The summed E-state index contributed by atoms with van der Waals surface area (Å²) in [6.07, 6.45) is 5.31. The first kappa shape index (κ1) is 26.8. The topological polar surface area (TPSA) is 75.2 Å². The van der Waals surface area contributed by atoms with E-state index in [1.54, 1.807) is 29.3 Å². The molecule has 8 nitrogen and oxygen atoms in total. The molecule has 2 heterocycles. The van der Waals surface area contributed by atoms with E-state index in [0.29, 0.717) is 39.0 Å². The molecule has 0 spiro atoms. The van der Waals surface area contributed by atoms with E-state index in [-0.39, 0.29) is 5.69 Å². The van der Waals surface area contributed by atoms with Gasteiger partial charge in [-0.3, -0.25) is 0 Å². The average Bonchev–Trinajstić information content (AvgIpc) is 3.64. The summed E-state index contributed by atoms with van der Waals surface area (Å²) in [5.41, 5.74) is 3.87. The summed E-state index contributed by atoms with van der Waals surface area (Å²) < 4.78 is 48.1. The molecule has 40 heavy (non-hydrogen) atoms. The smallest absolute Gasteiger partial charge is 0.211 e. The number of rotatable bonds is 8. The van der Waals surface area contributed by atoms with Gasteiger partial charge < -0.3 is 18.8 Å². The molecule has 11 heteroatoms. The van der Waals surface area contributed by atoms with E-state index in [1.807, 2.05) is 47.3 Å². The van der Waals surface area contributed by atoms with Crippen molar-refractivity contribution in [2.24, 2.45) is 10.1 Å². The van der Waals surface area contributed by atoms with Gasteiger partial charge in [-0.05, 0) is 48.9 Å². The van der Waals surface area contributed by atoms with Gasteiger partial charge in [-0.15, -0.1) is 11.3 Å². The Morgan fingerprint density at radius 1 is 0.925 bits per heavy atom. The van der Waals surface area contributed by atoms with Crippen LogP contribution in [0.3, 0.4) is 0 Å². The van der Waals surface area contributed by atoms with Crippen LogP contribution in [0.4, 0.5) is 14.5 Å². The third-order valence-electron chi connectivity index (χ3n) is 6.11. The molecule has 0 fully saturated rings. The van der Waals surface area contributed by atoms with Crippen LogP contribution in [0.5, 0.6) is 17.2 Å². The molecule has 5 rings (SSSR count). The first-order valence-electron chi connectivity index (χ1n) is 12.1. The number of aromatic nitrogens is 3. The number of nitrogens with zero attached hydrogens (tertiary/aromatic N) is 5. The zero-order valence-electron chi connectivity index (χ0n) is 22.1. The molecule has 0 N–H and O–H groups in total. The zero-order valence-corrected chi connectivity index (χ0v) is 22.9. The number of methoxy groups -OCH3 is 3. The summed E-state index contributed by atoms with van der Waals surface area (Å²) in [7, 11) is 4.61. The molecule has 0 unspecified atom stereocenters. The van der Waals surface area contributed by atoms with Crippen LogP contribution in [0.2, 0.25) is 0 Å². The van der Waals surface area contributed by atoms with Gasteiger partial charge in [0.2, 0.25) is 10.6 Å². The van der Waals surface area contributed by atoms with Crippen LogP contribution in [0.1, 0.15) is 12.5 Å². The Labute approximate surface area is 233 Å². The van der Waals surface area contributed by atoms with Gasteiger partial charge in [-0.1, -0.05) is 12.1 Å². The molecule has 0 aliphatic heterocycles. The molecule has 3 aromatic carbocycles.